The molecule has 2 amide bonds. The Bertz CT molecular complexity index is 1130. The minimum atomic E-state index is -2.27. The number of aliphatic hydroxyl groups excluding tert-OH is 2. The number of fused-ring (bicyclic) bond motifs is 2. The topological polar surface area (TPSA) is 166 Å². The van der Waals surface area contributed by atoms with Crippen molar-refractivity contribution in [1.82, 2.24) is 20.1 Å². The Kier molecular flexibility index (Phi) is 10.2. The fourth-order valence-corrected chi connectivity index (χ4v) is 6.11. The minimum Gasteiger partial charge on any atom is -0.479 e. The highest BCUT2D eigenvalue weighted by atomic mass is 79.9. The number of piperidine rings is 1. The lowest BCUT2D eigenvalue weighted by molar-refractivity contribution is -0.165. The Balaban J connectivity index is 0.000000342. The van der Waals surface area contributed by atoms with Crippen LogP contribution in [0, 0.1) is 0 Å². The molecular formula is C26H37BrN4O7. The van der Waals surface area contributed by atoms with Crippen molar-refractivity contribution < 1.29 is 34.8 Å². The summed E-state index contributed by atoms with van der Waals surface area (Å²) in [5, 5.41) is 37.2. The molecule has 1 aliphatic carbocycles. The number of aromatic nitrogens is 1. The van der Waals surface area contributed by atoms with Crippen LogP contribution >= 0.6 is 15.9 Å². The number of rotatable bonds is 8. The number of urea groups is 1. The summed E-state index contributed by atoms with van der Waals surface area (Å²) in [5.74, 6) is -3.08. The Morgan fingerprint density at radius 2 is 1.76 bits per heavy atom. The second-order valence-electron chi connectivity index (χ2n) is 9.68. The molecule has 0 radical (unpaired) electrons. The van der Waals surface area contributed by atoms with E-state index in [0.717, 1.165) is 50.0 Å². The van der Waals surface area contributed by atoms with Crippen molar-refractivity contribution >= 4 is 44.8 Å². The maximum absolute atomic E-state index is 12.7. The van der Waals surface area contributed by atoms with Gasteiger partial charge in [-0.3, -0.25) is 4.90 Å². The van der Waals surface area contributed by atoms with Gasteiger partial charge in [-0.15, -0.1) is 0 Å². The quantitative estimate of drug-likeness (QED) is 0.270. The monoisotopic (exact) mass is 596 g/mol. The Morgan fingerprint density at radius 3 is 2.32 bits per heavy atom. The second-order valence-corrected chi connectivity index (χ2v) is 10.5. The molecule has 2 unspecified atom stereocenters. The van der Waals surface area contributed by atoms with Crippen LogP contribution in [0.4, 0.5) is 4.79 Å². The first-order valence-corrected chi connectivity index (χ1v) is 13.7. The first kappa shape index (κ1) is 29.9. The summed E-state index contributed by atoms with van der Waals surface area (Å²) in [6.07, 6.45) is -1.32. The number of nitrogens with zero attached hydrogens (tertiary/aromatic N) is 2. The van der Waals surface area contributed by atoms with Gasteiger partial charge in [-0.1, -0.05) is 19.1 Å². The molecule has 1 saturated heterocycles. The number of carbonyl (C=O) groups excluding carboxylic acids is 1. The van der Waals surface area contributed by atoms with Crippen molar-refractivity contribution in [3.63, 3.8) is 0 Å². The van der Waals surface area contributed by atoms with E-state index >= 15 is 0 Å². The van der Waals surface area contributed by atoms with Crippen molar-refractivity contribution in [2.75, 3.05) is 26.2 Å². The van der Waals surface area contributed by atoms with Gasteiger partial charge in [-0.25, -0.2) is 14.4 Å². The number of hydrogen-bond donors (Lipinski definition) is 6. The van der Waals surface area contributed by atoms with Crippen LogP contribution in [0.3, 0.4) is 0 Å². The molecule has 38 heavy (non-hydrogen) atoms. The average Bonchev–Trinajstić information content (AvgIpc) is 3.21. The van der Waals surface area contributed by atoms with Gasteiger partial charge in [0.25, 0.3) is 0 Å². The van der Waals surface area contributed by atoms with E-state index in [1.165, 1.54) is 22.0 Å². The molecule has 11 nitrogen and oxygen atoms in total. The molecule has 1 aromatic heterocycles. The molecule has 2 heterocycles. The van der Waals surface area contributed by atoms with E-state index in [9.17, 15) is 14.4 Å². The molecule has 5 atom stereocenters. The first-order valence-electron chi connectivity index (χ1n) is 12.9. The van der Waals surface area contributed by atoms with Crippen molar-refractivity contribution in [2.45, 2.75) is 70.2 Å². The van der Waals surface area contributed by atoms with Gasteiger partial charge in [0, 0.05) is 48.5 Å². The standard InChI is InChI=1S/C22H31BrN4O.C4H6O6/c1-4-10-27-13-14(24-22(28)26(5-2)6-3)11-16-15-8-7-9-18-20(15)17(12-19(16)27)21(23)25-18;5-1(3(7)8)2(6)4(9)10/h7-9,14,16,19,25H,4-6,10-13H2,1-3H3,(H,24,28);1-2,5-6H,(H,7,8)(H,9,10)/t14-,16+,19+;/m0./s1. The number of carboxylic acids is 2. The summed E-state index contributed by atoms with van der Waals surface area (Å²) >= 11 is 3.75. The Morgan fingerprint density at radius 1 is 1.13 bits per heavy atom. The lowest BCUT2D eigenvalue weighted by Crippen LogP contribution is -2.57. The van der Waals surface area contributed by atoms with E-state index in [1.54, 1.807) is 0 Å². The average molecular weight is 598 g/mol. The van der Waals surface area contributed by atoms with Crippen LogP contribution in [0.15, 0.2) is 22.8 Å². The van der Waals surface area contributed by atoms with E-state index < -0.39 is 24.1 Å². The minimum absolute atomic E-state index is 0.0731. The molecular weight excluding hydrogens is 560 g/mol. The van der Waals surface area contributed by atoms with E-state index in [0.29, 0.717) is 12.0 Å². The summed E-state index contributed by atoms with van der Waals surface area (Å²) in [5.41, 5.74) is 4.07. The van der Waals surface area contributed by atoms with Crippen LogP contribution in [0.25, 0.3) is 10.9 Å². The summed E-state index contributed by atoms with van der Waals surface area (Å²) in [6.45, 7) is 9.84. The summed E-state index contributed by atoms with van der Waals surface area (Å²) < 4.78 is 1.13. The SMILES string of the molecule is CCCN1C[C@@H](NC(=O)N(CC)CC)C[C@@H]2c3cccc4[nH]c(Br)c(c34)C[C@H]21.O=C(O)C(O)C(O)C(=O)O. The Hall–Kier alpha value is -2.67. The van der Waals surface area contributed by atoms with Crippen molar-refractivity contribution in [1.29, 1.82) is 0 Å². The molecule has 0 spiro atoms. The van der Waals surface area contributed by atoms with Gasteiger partial charge in [-0.2, -0.15) is 0 Å². The number of H-pyrrole nitrogens is 1. The van der Waals surface area contributed by atoms with Crippen molar-refractivity contribution in [2.24, 2.45) is 0 Å². The lowest BCUT2D eigenvalue weighted by Gasteiger charge is -2.47. The molecule has 4 rings (SSSR count). The molecule has 6 N–H and O–H groups in total. The van der Waals surface area contributed by atoms with Gasteiger partial charge < -0.3 is 35.6 Å². The summed E-state index contributed by atoms with van der Waals surface area (Å²) in [6, 6.07) is 7.40. The van der Waals surface area contributed by atoms with E-state index in [-0.39, 0.29) is 12.1 Å². The normalized spacial score (nSPS) is 22.0. The number of aliphatic carboxylic acids is 2. The largest absolute Gasteiger partial charge is 0.479 e. The molecule has 1 fully saturated rings. The van der Waals surface area contributed by atoms with Crippen LogP contribution in [0.5, 0.6) is 0 Å². The second kappa shape index (κ2) is 12.9. The van der Waals surface area contributed by atoms with Gasteiger partial charge in [0.05, 0.1) is 4.60 Å². The number of amides is 2. The Labute approximate surface area is 229 Å². The summed E-state index contributed by atoms with van der Waals surface area (Å²) in [7, 11) is 0. The van der Waals surface area contributed by atoms with Gasteiger partial charge in [0.2, 0.25) is 0 Å². The molecule has 2 aliphatic rings. The number of nitrogens with one attached hydrogen (secondary N) is 2. The molecule has 1 aliphatic heterocycles. The number of aromatic amines is 1. The highest BCUT2D eigenvalue weighted by Gasteiger charge is 2.41. The van der Waals surface area contributed by atoms with Crippen molar-refractivity contribution in [3.8, 4) is 0 Å². The van der Waals surface area contributed by atoms with Gasteiger partial charge in [-0.05, 0) is 72.8 Å². The van der Waals surface area contributed by atoms with Crippen LogP contribution in [-0.4, -0.2) is 104 Å². The lowest BCUT2D eigenvalue weighted by atomic mass is 9.74. The number of benzene rings is 1. The number of hydrogen-bond acceptors (Lipinski definition) is 6. The van der Waals surface area contributed by atoms with Gasteiger partial charge in [0.15, 0.2) is 12.2 Å². The number of likely N-dealkylation sites (tertiary alicyclic amines) is 1. The highest BCUT2D eigenvalue weighted by molar-refractivity contribution is 9.10. The van der Waals surface area contributed by atoms with E-state index in [1.807, 2.05) is 18.7 Å². The third-order valence-electron chi connectivity index (χ3n) is 7.34. The fourth-order valence-electron chi connectivity index (χ4n) is 5.54. The predicted octanol–water partition coefficient (Wildman–Crippen LogP) is 2.35. The maximum atomic E-state index is 12.7. The van der Waals surface area contributed by atoms with Crippen LogP contribution in [0.2, 0.25) is 0 Å². The molecule has 12 heteroatoms. The maximum Gasteiger partial charge on any atom is 0.335 e. The van der Waals surface area contributed by atoms with Crippen LogP contribution in [0.1, 0.15) is 50.7 Å². The zero-order valence-electron chi connectivity index (χ0n) is 21.9. The third-order valence-corrected chi connectivity index (χ3v) is 8.02. The number of aliphatic hydroxyl groups is 2. The zero-order valence-corrected chi connectivity index (χ0v) is 23.4. The van der Waals surface area contributed by atoms with Gasteiger partial charge in [0.1, 0.15) is 0 Å². The number of carboxylic acid groups (broad SMARTS) is 2. The van der Waals surface area contributed by atoms with Gasteiger partial charge >= 0.3 is 18.0 Å². The molecule has 0 bridgehead atoms. The number of halogens is 1. The molecule has 0 saturated carbocycles. The smallest absolute Gasteiger partial charge is 0.335 e. The fraction of sp³-hybridized carbons (Fsp3) is 0.577. The first-order chi connectivity index (χ1) is 18.0. The third kappa shape index (κ3) is 6.31. The highest BCUT2D eigenvalue weighted by Crippen LogP contribution is 2.45. The van der Waals surface area contributed by atoms with Crippen LogP contribution < -0.4 is 5.32 Å². The van der Waals surface area contributed by atoms with E-state index in [4.69, 9.17) is 20.4 Å². The van der Waals surface area contributed by atoms with E-state index in [2.05, 4.69) is 56.3 Å². The summed E-state index contributed by atoms with van der Waals surface area (Å²) in [4.78, 5) is 40.2. The molecule has 2 aromatic rings. The number of carbonyl (C=O) groups is 3. The predicted molar refractivity (Wildman–Crippen MR) is 145 cm³/mol. The van der Waals surface area contributed by atoms with Crippen molar-refractivity contribution in [3.05, 3.63) is 33.9 Å². The zero-order chi connectivity index (χ0) is 28.1. The molecule has 210 valence electrons. The van der Waals surface area contributed by atoms with Crippen LogP contribution in [-0.2, 0) is 16.0 Å². The molecule has 1 aromatic carbocycles.